The van der Waals surface area contributed by atoms with Crippen molar-refractivity contribution >= 4 is 51.2 Å². The number of rotatable bonds is 7. The average Bonchev–Trinajstić information content (AvgIpc) is 3.44. The summed E-state index contributed by atoms with van der Waals surface area (Å²) < 4.78 is 3.18. The molecule has 0 fully saturated rings. The van der Waals surface area contributed by atoms with Crippen LogP contribution in [0.15, 0.2) is 36.7 Å². The van der Waals surface area contributed by atoms with Crippen LogP contribution >= 0.6 is 34.5 Å². The number of halogens is 2. The molecule has 30 heavy (non-hydrogen) atoms. The number of anilines is 2. The minimum Gasteiger partial charge on any atom is -0.313 e. The highest BCUT2D eigenvalue weighted by atomic mass is 35.5. The lowest BCUT2D eigenvalue weighted by atomic mass is 10.2. The van der Waals surface area contributed by atoms with Crippen LogP contribution in [0.25, 0.3) is 10.7 Å². The van der Waals surface area contributed by atoms with Crippen molar-refractivity contribution in [2.45, 2.75) is 20.0 Å². The molecule has 3 aromatic heterocycles. The molecule has 13 heteroatoms. The van der Waals surface area contributed by atoms with Crippen molar-refractivity contribution in [1.82, 2.24) is 29.8 Å². The molecule has 3 heterocycles. The first kappa shape index (κ1) is 20.3. The number of hydrogen-bond donors (Lipinski definition) is 1. The number of aryl methyl sites for hydroxylation is 1. The van der Waals surface area contributed by atoms with Crippen LogP contribution in [0.5, 0.6) is 0 Å². The van der Waals surface area contributed by atoms with Gasteiger partial charge in [0.05, 0.1) is 11.5 Å². The molecule has 0 saturated carbocycles. The largest absolute Gasteiger partial charge is 0.317 e. The van der Waals surface area contributed by atoms with Crippen molar-refractivity contribution in [2.75, 3.05) is 5.32 Å². The molecule has 0 aliphatic carbocycles. The van der Waals surface area contributed by atoms with Gasteiger partial charge in [0.15, 0.2) is 10.8 Å². The topological polar surface area (TPSA) is 117 Å². The van der Waals surface area contributed by atoms with Crippen molar-refractivity contribution in [2.24, 2.45) is 0 Å². The summed E-state index contributed by atoms with van der Waals surface area (Å²) in [6, 6.07) is 7.09. The Balaban J connectivity index is 1.52. The fourth-order valence-electron chi connectivity index (χ4n) is 2.70. The van der Waals surface area contributed by atoms with Gasteiger partial charge in [-0.1, -0.05) is 40.6 Å². The lowest BCUT2D eigenvalue weighted by molar-refractivity contribution is -0.384. The zero-order valence-corrected chi connectivity index (χ0v) is 17.8. The molecule has 10 nitrogen and oxygen atoms in total. The Labute approximate surface area is 184 Å². The van der Waals surface area contributed by atoms with Gasteiger partial charge in [-0.2, -0.15) is 10.2 Å². The maximum Gasteiger partial charge on any atom is 0.317 e. The van der Waals surface area contributed by atoms with Crippen molar-refractivity contribution in [3.05, 3.63) is 62.4 Å². The van der Waals surface area contributed by atoms with E-state index in [1.807, 2.05) is 6.92 Å². The van der Waals surface area contributed by atoms with Crippen molar-refractivity contribution in [1.29, 1.82) is 0 Å². The summed E-state index contributed by atoms with van der Waals surface area (Å²) in [7, 11) is 0. The number of hydrogen-bond acceptors (Lipinski definition) is 8. The van der Waals surface area contributed by atoms with E-state index in [0.717, 1.165) is 16.9 Å². The van der Waals surface area contributed by atoms with Gasteiger partial charge in [-0.15, -0.1) is 10.2 Å². The summed E-state index contributed by atoms with van der Waals surface area (Å²) in [5.41, 5.74) is 0.847. The minimum absolute atomic E-state index is 0.111. The fourth-order valence-corrected chi connectivity index (χ4v) is 3.96. The highest BCUT2D eigenvalue weighted by molar-refractivity contribution is 7.18. The Bertz CT molecular complexity index is 1200. The number of nitrogens with one attached hydrogen (secondary N) is 1. The van der Waals surface area contributed by atoms with Gasteiger partial charge in [-0.3, -0.25) is 19.5 Å². The van der Waals surface area contributed by atoms with Crippen LogP contribution in [-0.2, 0) is 13.1 Å². The van der Waals surface area contributed by atoms with E-state index in [9.17, 15) is 10.1 Å². The third kappa shape index (κ3) is 4.13. The summed E-state index contributed by atoms with van der Waals surface area (Å²) in [5.74, 6) is 0.537. The van der Waals surface area contributed by atoms with Gasteiger partial charge in [-0.05, 0) is 19.1 Å². The lowest BCUT2D eigenvalue weighted by Gasteiger charge is -2.06. The van der Waals surface area contributed by atoms with Gasteiger partial charge >= 0.3 is 5.69 Å². The number of aromatic nitrogens is 6. The van der Waals surface area contributed by atoms with Gasteiger partial charge in [0.1, 0.15) is 6.20 Å². The third-order valence-corrected chi connectivity index (χ3v) is 5.70. The second-order valence-electron chi connectivity index (χ2n) is 6.11. The molecule has 0 radical (unpaired) electrons. The van der Waals surface area contributed by atoms with Crippen LogP contribution in [0, 0.1) is 10.1 Å². The van der Waals surface area contributed by atoms with E-state index in [0.29, 0.717) is 39.1 Å². The number of nitrogens with zero attached hydrogens (tertiary/aromatic N) is 7. The Morgan fingerprint density at radius 3 is 2.63 bits per heavy atom. The molecule has 154 valence electrons. The van der Waals surface area contributed by atoms with Crippen LogP contribution in [0.1, 0.15) is 12.5 Å². The van der Waals surface area contributed by atoms with Gasteiger partial charge in [0.2, 0.25) is 10.8 Å². The van der Waals surface area contributed by atoms with Crippen LogP contribution in [0.4, 0.5) is 16.6 Å². The van der Waals surface area contributed by atoms with E-state index in [1.54, 1.807) is 35.1 Å². The van der Waals surface area contributed by atoms with Gasteiger partial charge in [0, 0.05) is 34.4 Å². The monoisotopic (exact) mass is 464 g/mol. The molecule has 4 aromatic rings. The Morgan fingerprint density at radius 1 is 1.17 bits per heavy atom. The summed E-state index contributed by atoms with van der Waals surface area (Å²) in [4.78, 5) is 10.8. The summed E-state index contributed by atoms with van der Waals surface area (Å²) in [5, 5.41) is 32.9. The molecular formula is C17H14Cl2N8O2S. The van der Waals surface area contributed by atoms with Crippen LogP contribution in [-0.4, -0.2) is 34.7 Å². The van der Waals surface area contributed by atoms with E-state index >= 15 is 0 Å². The zero-order chi connectivity index (χ0) is 21.3. The van der Waals surface area contributed by atoms with E-state index in [2.05, 4.69) is 25.7 Å². The highest BCUT2D eigenvalue weighted by Gasteiger charge is 2.24. The second kappa shape index (κ2) is 8.38. The Hall–Kier alpha value is -3.02. The molecule has 0 unspecified atom stereocenters. The molecule has 0 atom stereocenters. The number of nitro groups is 1. The molecule has 4 rings (SSSR count). The standard InChI is InChI=1S/C17H14Cl2N8O2S/c1-2-25-9-13(27(28)29)15(24-25)16-21-22-17(30-16)20-14-6-7-26(23-14)8-10-11(18)4-3-5-12(10)19/h3-7,9H,2,8H2,1H3,(H,20,22,23). The first-order chi connectivity index (χ1) is 14.4. The first-order valence-electron chi connectivity index (χ1n) is 8.73. The van der Waals surface area contributed by atoms with Crippen LogP contribution in [0.3, 0.4) is 0 Å². The summed E-state index contributed by atoms with van der Waals surface area (Å²) in [6.07, 6.45) is 3.16. The quantitative estimate of drug-likeness (QED) is 0.313. The molecule has 0 amide bonds. The highest BCUT2D eigenvalue weighted by Crippen LogP contribution is 2.33. The lowest BCUT2D eigenvalue weighted by Crippen LogP contribution is -2.02. The predicted octanol–water partition coefficient (Wildman–Crippen LogP) is 4.62. The van der Waals surface area contributed by atoms with Gasteiger partial charge in [0.25, 0.3) is 0 Å². The van der Waals surface area contributed by atoms with E-state index in [-0.39, 0.29) is 11.4 Å². The molecule has 0 aliphatic rings. The van der Waals surface area contributed by atoms with Crippen molar-refractivity contribution < 1.29 is 4.92 Å². The van der Waals surface area contributed by atoms with E-state index < -0.39 is 4.92 Å². The average molecular weight is 465 g/mol. The van der Waals surface area contributed by atoms with Crippen molar-refractivity contribution in [3.63, 3.8) is 0 Å². The van der Waals surface area contributed by atoms with Gasteiger partial charge < -0.3 is 5.32 Å². The third-order valence-electron chi connectivity index (χ3n) is 4.15. The Kier molecular flexibility index (Phi) is 5.66. The maximum absolute atomic E-state index is 11.3. The Morgan fingerprint density at radius 2 is 1.93 bits per heavy atom. The molecular weight excluding hydrogens is 451 g/mol. The second-order valence-corrected chi connectivity index (χ2v) is 7.90. The SMILES string of the molecule is CCn1cc([N+](=O)[O-])c(-c2nnc(Nc3ccn(Cc4c(Cl)cccc4Cl)n3)s2)n1. The predicted molar refractivity (Wildman–Crippen MR) is 115 cm³/mol. The summed E-state index contributed by atoms with van der Waals surface area (Å²) in [6.45, 7) is 2.76. The molecule has 1 aromatic carbocycles. The fraction of sp³-hybridized carbons (Fsp3) is 0.176. The minimum atomic E-state index is -0.482. The van der Waals surface area contributed by atoms with E-state index in [1.165, 1.54) is 10.9 Å². The molecule has 0 spiro atoms. The van der Waals surface area contributed by atoms with Crippen LogP contribution in [0.2, 0.25) is 10.0 Å². The van der Waals surface area contributed by atoms with Crippen LogP contribution < -0.4 is 5.32 Å². The molecule has 1 N–H and O–H groups in total. The first-order valence-corrected chi connectivity index (χ1v) is 10.3. The number of benzene rings is 1. The summed E-state index contributed by atoms with van der Waals surface area (Å²) >= 11 is 13.6. The van der Waals surface area contributed by atoms with E-state index in [4.69, 9.17) is 23.2 Å². The molecule has 0 aliphatic heterocycles. The smallest absolute Gasteiger partial charge is 0.313 e. The van der Waals surface area contributed by atoms with Crippen molar-refractivity contribution in [3.8, 4) is 10.7 Å². The van der Waals surface area contributed by atoms with Gasteiger partial charge in [-0.25, -0.2) is 0 Å². The zero-order valence-electron chi connectivity index (χ0n) is 15.5. The maximum atomic E-state index is 11.3. The molecule has 0 bridgehead atoms. The molecule has 0 saturated heterocycles. The normalized spacial score (nSPS) is 11.0.